The number of carbonyl (C=O) groups excluding carboxylic acids is 1. The average Bonchev–Trinajstić information content (AvgIpc) is 3.32. The third-order valence-electron chi connectivity index (χ3n) is 3.69. The Bertz CT molecular complexity index is 444. The van der Waals surface area contributed by atoms with E-state index in [0.29, 0.717) is 6.54 Å². The fourth-order valence-corrected chi connectivity index (χ4v) is 2.35. The third kappa shape index (κ3) is 3.97. The molecule has 0 spiro atoms. The zero-order valence-electron chi connectivity index (χ0n) is 12.3. The molecule has 4 heteroatoms. The van der Waals surface area contributed by atoms with Crippen molar-refractivity contribution in [3.63, 3.8) is 0 Å². The molecule has 1 saturated carbocycles. The highest BCUT2D eigenvalue weighted by Crippen LogP contribution is 2.28. The number of para-hydroxylation sites is 1. The summed E-state index contributed by atoms with van der Waals surface area (Å²) in [6, 6.07) is 8.32. The van der Waals surface area contributed by atoms with E-state index in [1.54, 1.807) is 7.11 Å². The van der Waals surface area contributed by atoms with Crippen LogP contribution in [0.1, 0.15) is 37.8 Å². The van der Waals surface area contributed by atoms with Crippen LogP contribution in [0.15, 0.2) is 24.3 Å². The maximum Gasteiger partial charge on any atom is 0.223 e. The Labute approximate surface area is 120 Å². The summed E-state index contributed by atoms with van der Waals surface area (Å²) in [5.41, 5.74) is 1.17. The SMILES string of the molecule is CCC(NCCNC(=O)C1CC1)c1ccccc1OC. The van der Waals surface area contributed by atoms with Crippen LogP contribution in [-0.4, -0.2) is 26.1 Å². The Morgan fingerprint density at radius 3 is 2.75 bits per heavy atom. The van der Waals surface area contributed by atoms with Gasteiger partial charge in [-0.2, -0.15) is 0 Å². The summed E-state index contributed by atoms with van der Waals surface area (Å²) < 4.78 is 5.40. The number of hydrogen-bond acceptors (Lipinski definition) is 3. The molecule has 0 aromatic heterocycles. The fourth-order valence-electron chi connectivity index (χ4n) is 2.35. The van der Waals surface area contributed by atoms with E-state index in [0.717, 1.165) is 31.6 Å². The molecule has 2 N–H and O–H groups in total. The summed E-state index contributed by atoms with van der Waals surface area (Å²) in [6.45, 7) is 3.60. The molecule has 1 aromatic carbocycles. The van der Waals surface area contributed by atoms with Gasteiger partial charge in [-0.05, 0) is 25.3 Å². The van der Waals surface area contributed by atoms with Gasteiger partial charge < -0.3 is 15.4 Å². The van der Waals surface area contributed by atoms with Gasteiger partial charge in [-0.3, -0.25) is 4.79 Å². The van der Waals surface area contributed by atoms with Crippen LogP contribution in [0, 0.1) is 5.92 Å². The summed E-state index contributed by atoms with van der Waals surface area (Å²) in [5.74, 6) is 1.40. The number of nitrogens with one attached hydrogen (secondary N) is 2. The minimum Gasteiger partial charge on any atom is -0.496 e. The van der Waals surface area contributed by atoms with Crippen molar-refractivity contribution in [3.8, 4) is 5.75 Å². The van der Waals surface area contributed by atoms with E-state index in [1.807, 2.05) is 18.2 Å². The van der Waals surface area contributed by atoms with Crippen molar-refractivity contribution in [3.05, 3.63) is 29.8 Å². The standard InChI is InChI=1S/C16H24N2O2/c1-3-14(13-6-4-5-7-15(13)20-2)17-10-11-18-16(19)12-8-9-12/h4-7,12,14,17H,3,8-11H2,1-2H3,(H,18,19). The zero-order chi connectivity index (χ0) is 14.4. The fraction of sp³-hybridized carbons (Fsp3) is 0.562. The second-order valence-electron chi connectivity index (χ2n) is 5.22. The predicted octanol–water partition coefficient (Wildman–Crippen LogP) is 2.26. The summed E-state index contributed by atoms with van der Waals surface area (Å²) in [4.78, 5) is 11.5. The molecule has 1 unspecified atom stereocenters. The molecule has 1 atom stereocenters. The Morgan fingerprint density at radius 1 is 1.35 bits per heavy atom. The van der Waals surface area contributed by atoms with E-state index in [4.69, 9.17) is 4.74 Å². The van der Waals surface area contributed by atoms with Gasteiger partial charge in [0, 0.05) is 30.6 Å². The zero-order valence-corrected chi connectivity index (χ0v) is 12.3. The van der Waals surface area contributed by atoms with Crippen molar-refractivity contribution in [1.29, 1.82) is 0 Å². The Balaban J connectivity index is 1.80. The normalized spacial score (nSPS) is 15.7. The Morgan fingerprint density at radius 2 is 2.10 bits per heavy atom. The third-order valence-corrected chi connectivity index (χ3v) is 3.69. The predicted molar refractivity (Wildman–Crippen MR) is 79.8 cm³/mol. The van der Waals surface area contributed by atoms with Crippen LogP contribution in [0.5, 0.6) is 5.75 Å². The molecule has 0 radical (unpaired) electrons. The van der Waals surface area contributed by atoms with Gasteiger partial charge in [0.25, 0.3) is 0 Å². The van der Waals surface area contributed by atoms with Gasteiger partial charge in [-0.1, -0.05) is 25.1 Å². The average molecular weight is 276 g/mol. The largest absolute Gasteiger partial charge is 0.496 e. The number of rotatable bonds is 8. The number of ether oxygens (including phenoxy) is 1. The number of methoxy groups -OCH3 is 1. The second kappa shape index (κ2) is 7.29. The number of hydrogen-bond donors (Lipinski definition) is 2. The summed E-state index contributed by atoms with van der Waals surface area (Å²) in [5, 5.41) is 6.45. The van der Waals surface area contributed by atoms with E-state index in [1.165, 1.54) is 5.56 Å². The molecule has 1 aliphatic rings. The first kappa shape index (κ1) is 14.9. The van der Waals surface area contributed by atoms with E-state index in [2.05, 4.69) is 23.6 Å². The topological polar surface area (TPSA) is 50.4 Å². The van der Waals surface area contributed by atoms with E-state index < -0.39 is 0 Å². The molecule has 20 heavy (non-hydrogen) atoms. The molecule has 1 amide bonds. The minimum atomic E-state index is 0.206. The monoisotopic (exact) mass is 276 g/mol. The second-order valence-corrected chi connectivity index (χ2v) is 5.22. The lowest BCUT2D eigenvalue weighted by molar-refractivity contribution is -0.122. The van der Waals surface area contributed by atoms with Gasteiger partial charge >= 0.3 is 0 Å². The van der Waals surface area contributed by atoms with Crippen molar-refractivity contribution in [2.24, 2.45) is 5.92 Å². The highest BCUT2D eigenvalue weighted by Gasteiger charge is 2.29. The van der Waals surface area contributed by atoms with Crippen molar-refractivity contribution in [2.45, 2.75) is 32.2 Å². The molecule has 0 bridgehead atoms. The van der Waals surface area contributed by atoms with Crippen LogP contribution in [0.2, 0.25) is 0 Å². The maximum absolute atomic E-state index is 11.5. The van der Waals surface area contributed by atoms with Crippen molar-refractivity contribution in [2.75, 3.05) is 20.2 Å². The van der Waals surface area contributed by atoms with Crippen LogP contribution in [0.3, 0.4) is 0 Å². The molecule has 0 aliphatic heterocycles. The first-order chi connectivity index (χ1) is 9.76. The lowest BCUT2D eigenvalue weighted by atomic mass is 10.0. The van der Waals surface area contributed by atoms with Crippen molar-refractivity contribution >= 4 is 5.91 Å². The van der Waals surface area contributed by atoms with Crippen LogP contribution in [-0.2, 0) is 4.79 Å². The smallest absolute Gasteiger partial charge is 0.223 e. The maximum atomic E-state index is 11.5. The molecular weight excluding hydrogens is 252 g/mol. The lowest BCUT2D eigenvalue weighted by Gasteiger charge is -2.20. The molecule has 0 heterocycles. The molecule has 110 valence electrons. The van der Waals surface area contributed by atoms with Gasteiger partial charge in [-0.15, -0.1) is 0 Å². The van der Waals surface area contributed by atoms with Gasteiger partial charge in [0.15, 0.2) is 0 Å². The Kier molecular flexibility index (Phi) is 5.41. The first-order valence-corrected chi connectivity index (χ1v) is 7.40. The number of amides is 1. The molecule has 1 fully saturated rings. The molecule has 1 aliphatic carbocycles. The van der Waals surface area contributed by atoms with E-state index in [-0.39, 0.29) is 17.9 Å². The van der Waals surface area contributed by atoms with Gasteiger partial charge in [-0.25, -0.2) is 0 Å². The van der Waals surface area contributed by atoms with E-state index in [9.17, 15) is 4.79 Å². The van der Waals surface area contributed by atoms with Crippen LogP contribution >= 0.6 is 0 Å². The van der Waals surface area contributed by atoms with Crippen LogP contribution < -0.4 is 15.4 Å². The summed E-state index contributed by atoms with van der Waals surface area (Å²) in [6.07, 6.45) is 3.09. The first-order valence-electron chi connectivity index (χ1n) is 7.40. The molecular formula is C16H24N2O2. The molecule has 0 saturated heterocycles. The van der Waals surface area contributed by atoms with Crippen molar-refractivity contribution in [1.82, 2.24) is 10.6 Å². The molecule has 4 nitrogen and oxygen atoms in total. The minimum absolute atomic E-state index is 0.206. The molecule has 2 rings (SSSR count). The Hall–Kier alpha value is -1.55. The molecule has 1 aromatic rings. The number of carbonyl (C=O) groups is 1. The van der Waals surface area contributed by atoms with Crippen LogP contribution in [0.25, 0.3) is 0 Å². The summed E-state index contributed by atoms with van der Waals surface area (Å²) >= 11 is 0. The van der Waals surface area contributed by atoms with Gasteiger partial charge in [0.2, 0.25) is 5.91 Å². The van der Waals surface area contributed by atoms with Gasteiger partial charge in [0.1, 0.15) is 5.75 Å². The quantitative estimate of drug-likeness (QED) is 0.716. The lowest BCUT2D eigenvalue weighted by Crippen LogP contribution is -2.34. The number of benzene rings is 1. The van der Waals surface area contributed by atoms with Gasteiger partial charge in [0.05, 0.1) is 7.11 Å². The van der Waals surface area contributed by atoms with E-state index >= 15 is 0 Å². The highest BCUT2D eigenvalue weighted by atomic mass is 16.5. The van der Waals surface area contributed by atoms with Crippen molar-refractivity contribution < 1.29 is 9.53 Å². The highest BCUT2D eigenvalue weighted by molar-refractivity contribution is 5.80. The summed E-state index contributed by atoms with van der Waals surface area (Å²) in [7, 11) is 1.70. The van der Waals surface area contributed by atoms with Crippen LogP contribution in [0.4, 0.5) is 0 Å².